The molecular weight excluding hydrogens is 1960 g/mol. The van der Waals surface area contributed by atoms with Crippen molar-refractivity contribution in [2.45, 2.75) is 123 Å². The van der Waals surface area contributed by atoms with Crippen molar-refractivity contribution in [2.24, 2.45) is 0 Å². The summed E-state index contributed by atoms with van der Waals surface area (Å²) >= 11 is 20.3. The van der Waals surface area contributed by atoms with Gasteiger partial charge in [0.25, 0.3) is 0 Å². The summed E-state index contributed by atoms with van der Waals surface area (Å²) in [6, 6.07) is 97.9. The van der Waals surface area contributed by atoms with Crippen LogP contribution in [0.25, 0.3) is 101 Å². The number of hydrogen-bond acceptors (Lipinski definition) is 14. The number of hydrogen-bond donors (Lipinski definition) is 2. The van der Waals surface area contributed by atoms with Crippen LogP contribution in [0.5, 0.6) is 0 Å². The zero-order valence-electron chi connectivity index (χ0n) is 82.0. The molecule has 16 aromatic rings. The van der Waals surface area contributed by atoms with Crippen molar-refractivity contribution in [1.82, 2.24) is 29.9 Å². The van der Waals surface area contributed by atoms with Crippen LogP contribution in [0.2, 0.25) is 15.3 Å². The van der Waals surface area contributed by atoms with E-state index in [9.17, 15) is 35.1 Å². The maximum absolute atomic E-state index is 15.2. The van der Waals surface area contributed by atoms with Gasteiger partial charge in [0, 0.05) is 59.9 Å². The SMILES string of the molecule is CC1(C)OB(B2OC(C)(C)C(C)(C)O2)OC1(C)C.CC1(C)OB(c2c(F)cccc2-c2ccccc2F)OC1(C)C.Clc1nc(-c2ccccc2)nc(-c2ccccc2)n1.Fc1cccc(Br)c1Cl.Fc1ccccc1-c1cccc(F)c1-c1nc(-c2ccccc2)nc(-c2ccccc2)n1.Fc1ccccc1-c1cccc(F)c1Cl.OB(O)c1ccccc1F.[2H]CF.[H-].[Na+].c1ccc2c(c1)Cc1ccccc1-2. The molecular formula is C110H100B4BrCl3F9N6NaO8. The van der Waals surface area contributed by atoms with E-state index in [-0.39, 0.29) is 96.6 Å². The molecule has 20 rings (SSSR count). The Morgan fingerprint density at radius 1 is 0.310 bits per heavy atom. The van der Waals surface area contributed by atoms with Gasteiger partial charge in [-0.3, -0.25) is 4.39 Å². The maximum Gasteiger partial charge on any atom is 1.00 e. The molecule has 722 valence electrons. The Hall–Kier alpha value is -11.2. The van der Waals surface area contributed by atoms with Gasteiger partial charge in [0.05, 0.1) is 57.7 Å². The van der Waals surface area contributed by atoms with E-state index in [0.717, 1.165) is 28.7 Å². The van der Waals surface area contributed by atoms with Crippen molar-refractivity contribution in [1.29, 1.82) is 0 Å². The van der Waals surface area contributed by atoms with Gasteiger partial charge >= 0.3 is 57.8 Å². The van der Waals surface area contributed by atoms with Crippen LogP contribution in [0.15, 0.2) is 344 Å². The van der Waals surface area contributed by atoms with E-state index in [1.54, 1.807) is 97.1 Å². The number of alkyl halides is 1. The van der Waals surface area contributed by atoms with Crippen LogP contribution < -0.4 is 40.5 Å². The van der Waals surface area contributed by atoms with Crippen molar-refractivity contribution in [3.05, 3.63) is 417 Å². The predicted octanol–water partition coefficient (Wildman–Crippen LogP) is 24.8. The molecule has 5 heterocycles. The van der Waals surface area contributed by atoms with E-state index in [1.165, 1.54) is 95.1 Å². The number of fused-ring (bicyclic) bond motifs is 3. The van der Waals surface area contributed by atoms with Crippen molar-refractivity contribution in [3.63, 3.8) is 0 Å². The van der Waals surface area contributed by atoms with Gasteiger partial charge in [0.15, 0.2) is 29.1 Å². The average Bonchev–Trinajstić information content (AvgIpc) is 1.58. The number of benzene rings is 14. The second-order valence-electron chi connectivity index (χ2n) is 35.2. The molecule has 4 aliphatic rings. The summed E-state index contributed by atoms with van der Waals surface area (Å²) in [5.74, 6) is -1.66. The molecule has 0 spiro atoms. The topological polar surface area (TPSA) is 173 Å². The molecule has 14 aromatic carbocycles. The maximum atomic E-state index is 15.2. The fourth-order valence-electron chi connectivity index (χ4n) is 14.6. The number of halogens is 13. The minimum atomic E-state index is -1.72. The predicted molar refractivity (Wildman–Crippen MR) is 552 cm³/mol. The smallest absolute Gasteiger partial charge is 1.00 e. The molecule has 0 atom stereocenters. The normalized spacial score (nSPS) is 14.6. The summed E-state index contributed by atoms with van der Waals surface area (Å²) in [6.45, 7) is 23.8. The fourth-order valence-corrected chi connectivity index (χ4v) is 15.5. The van der Waals surface area contributed by atoms with Crippen LogP contribution in [0.4, 0.5) is 39.5 Å². The first kappa shape index (κ1) is 110. The average molecular weight is 2060 g/mol. The third-order valence-electron chi connectivity index (χ3n) is 24.2. The summed E-state index contributed by atoms with van der Waals surface area (Å²) in [7, 11) is -4.55. The molecule has 32 heteroatoms. The zero-order valence-corrected chi connectivity index (χ0v) is 85.8. The third-order valence-corrected chi connectivity index (χ3v) is 26.0. The van der Waals surface area contributed by atoms with E-state index >= 15 is 4.39 Å². The van der Waals surface area contributed by atoms with Gasteiger partial charge in [0.1, 0.15) is 46.5 Å². The van der Waals surface area contributed by atoms with Gasteiger partial charge < -0.3 is 39.4 Å². The molecule has 3 fully saturated rings. The number of rotatable bonds is 11. The van der Waals surface area contributed by atoms with Crippen LogP contribution in [-0.4, -0.2) is 109 Å². The van der Waals surface area contributed by atoms with E-state index in [0.29, 0.717) is 55.6 Å². The zero-order chi connectivity index (χ0) is 102. The van der Waals surface area contributed by atoms with Crippen LogP contribution in [0.3, 0.4) is 0 Å². The molecule has 3 aliphatic heterocycles. The number of aromatic nitrogens is 6. The van der Waals surface area contributed by atoms with Gasteiger partial charge in [0.2, 0.25) is 5.28 Å². The summed E-state index contributed by atoms with van der Waals surface area (Å²) in [5, 5.41) is 17.3. The Labute approximate surface area is 871 Å². The summed E-state index contributed by atoms with van der Waals surface area (Å²) in [5.41, 5.74) is 8.91. The minimum Gasteiger partial charge on any atom is -1.00 e. The molecule has 0 unspecified atom stereocenters. The second-order valence-corrected chi connectivity index (χ2v) is 37.1. The van der Waals surface area contributed by atoms with Crippen LogP contribution in [0.1, 0.15) is 97.0 Å². The van der Waals surface area contributed by atoms with Crippen molar-refractivity contribution < 1.29 is 110 Å². The Morgan fingerprint density at radius 3 is 0.951 bits per heavy atom. The van der Waals surface area contributed by atoms with Crippen molar-refractivity contribution >= 4 is 89.9 Å². The Kier molecular flexibility index (Phi) is 38.5. The molecule has 1 aliphatic carbocycles. The molecule has 14 nitrogen and oxygen atoms in total. The van der Waals surface area contributed by atoms with E-state index < -0.39 is 93.1 Å². The van der Waals surface area contributed by atoms with Crippen LogP contribution in [-0.2, 0) is 34.3 Å². The first-order valence-electron chi connectivity index (χ1n) is 45.3. The summed E-state index contributed by atoms with van der Waals surface area (Å²) in [4.78, 5) is 26.6. The minimum absolute atomic E-state index is 0. The monoisotopic (exact) mass is 2060 g/mol. The Balaban J connectivity index is 0.000000173. The molecule has 2 N–H and O–H groups in total. The summed E-state index contributed by atoms with van der Waals surface area (Å²) < 4.78 is 162. The van der Waals surface area contributed by atoms with Gasteiger partial charge in [-0.1, -0.05) is 308 Å². The number of nitrogens with zero attached hydrogens (tertiary/aromatic N) is 6. The quantitative estimate of drug-likeness (QED) is 0.0711. The van der Waals surface area contributed by atoms with Gasteiger partial charge in [-0.15, -0.1) is 0 Å². The molecule has 3 saturated heterocycles. The molecule has 142 heavy (non-hydrogen) atoms. The molecule has 0 saturated carbocycles. The van der Waals surface area contributed by atoms with Gasteiger partial charge in [-0.25, -0.2) is 55.1 Å². The van der Waals surface area contributed by atoms with Crippen LogP contribution >= 0.6 is 50.7 Å². The van der Waals surface area contributed by atoms with Gasteiger partial charge in [-0.2, -0.15) is 9.97 Å². The van der Waals surface area contributed by atoms with E-state index in [1.807, 2.05) is 204 Å². The first-order valence-corrected chi connectivity index (χ1v) is 46.5. The Morgan fingerprint density at radius 2 is 0.585 bits per heavy atom. The van der Waals surface area contributed by atoms with E-state index in [4.69, 9.17) is 74.1 Å². The molecule has 0 amide bonds. The molecule has 0 bridgehead atoms. The molecule has 2 aromatic heterocycles. The molecule has 0 radical (unpaired) electrons. The third kappa shape index (κ3) is 27.6. The Bertz CT molecular complexity index is 6720. The first-order chi connectivity index (χ1) is 67.6. The van der Waals surface area contributed by atoms with Crippen molar-refractivity contribution in [2.75, 3.05) is 7.15 Å². The largest absolute Gasteiger partial charge is 1.00 e. The van der Waals surface area contributed by atoms with Gasteiger partial charge in [-0.05, 0) is 205 Å². The summed E-state index contributed by atoms with van der Waals surface area (Å²) in [6.07, 6.45) is 1.10. The van der Waals surface area contributed by atoms with Crippen molar-refractivity contribution in [3.8, 4) is 101 Å². The second kappa shape index (κ2) is 49.8. The standard InChI is InChI=1S/C27H17F2N3.C18H19BF2O2.C15H10ClN3.C13H10.C12H24B2O4.C12H7ClF2.C6H6BFO2.C6H3BrClF.CH3F.Na.H/c28-22-16-8-7-14-20(22)21-15-9-17-23(29)24(21)27-31-25(18-10-3-1-4-11-18)30-26(32-27)19-12-5-2-6-13-19;1-17(2)18(3,4)23-19(22-17)16-13(9-7-11-15(16)21)12-8-5-6-10-14(12)20;16-15-18-13(11-7-3-1-4-8-11)17-14(19-15)12-9-5-2-6-10-12;1-3-7-12-10(5-1)9-11-6-2-4-8-13(11)12;1-9(2)10(3,4)16-13(15-9)14-17-11(5,6)12(7,8)18-14;13-12-9(5-3-7-11(12)15)8-4-1-2-6-10(8)14;8-6-4-2-1-3-5(6)7(9)10;7-4-2-1-3-5(9)6(4)8;1-2;;/h1-17H;5-11H,1-4H3;1-10H;1-8H,9H2;1-8H3;1-7H;1-4,9-10H;1-3H;1H3;;/q;;;;;;;;;+1;-1/i;;;;;;;;1D;;. The van der Waals surface area contributed by atoms with Crippen LogP contribution in [0, 0.1) is 46.5 Å². The van der Waals surface area contributed by atoms with E-state index in [2.05, 4.69) is 94.4 Å². The fraction of sp³-hybridized carbons (Fsp3) is 0.182.